The lowest BCUT2D eigenvalue weighted by Crippen LogP contribution is -1.79. The van der Waals surface area contributed by atoms with Crippen LogP contribution < -0.4 is 0 Å². The fraction of sp³-hybridized carbons (Fsp3) is 0. The van der Waals surface area contributed by atoms with Gasteiger partial charge in [0.05, 0.1) is 15.7 Å². The van der Waals surface area contributed by atoms with Gasteiger partial charge in [-0.3, -0.25) is 4.98 Å². The van der Waals surface area contributed by atoms with Gasteiger partial charge in [-0.2, -0.15) is 4.99 Å². The van der Waals surface area contributed by atoms with Crippen molar-refractivity contribution in [3.63, 3.8) is 0 Å². The Bertz CT molecular complexity index is 533. The number of aliphatic imine (C=N–C) groups is 1. The monoisotopic (exact) mass is 220 g/mol. The van der Waals surface area contributed by atoms with Crippen LogP contribution in [0, 0.1) is 0 Å². The van der Waals surface area contributed by atoms with Crippen molar-refractivity contribution < 1.29 is 0 Å². The second-order valence-corrected chi connectivity index (χ2v) is 3.26. The fourth-order valence-corrected chi connectivity index (χ4v) is 1.58. The highest BCUT2D eigenvalue weighted by atomic mass is 35.5. The molecule has 0 saturated carbocycles. The Morgan fingerprint density at radius 2 is 2.21 bits per heavy atom. The first-order chi connectivity index (χ1) is 6.83. The molecule has 0 spiro atoms. The van der Waals surface area contributed by atoms with Crippen LogP contribution in [0.1, 0.15) is 0 Å². The summed E-state index contributed by atoms with van der Waals surface area (Å²) in [5, 5.41) is 3.86. The summed E-state index contributed by atoms with van der Waals surface area (Å²) in [5.74, 6) is 0. The van der Waals surface area contributed by atoms with Crippen molar-refractivity contribution in [2.24, 2.45) is 4.99 Å². The quantitative estimate of drug-likeness (QED) is 0.542. The highest BCUT2D eigenvalue weighted by molar-refractivity contribution is 7.78. The molecule has 0 unspecified atom stereocenters. The van der Waals surface area contributed by atoms with E-state index in [0.717, 1.165) is 10.9 Å². The van der Waals surface area contributed by atoms with Crippen molar-refractivity contribution in [2.75, 3.05) is 0 Å². The Balaban J connectivity index is 2.88. The minimum atomic E-state index is 0.663. The number of hydrogen-bond donors (Lipinski definition) is 0. The molecule has 0 bridgehead atoms. The van der Waals surface area contributed by atoms with Crippen molar-refractivity contribution in [3.8, 4) is 0 Å². The molecular weight excluding hydrogens is 216 g/mol. The highest BCUT2D eigenvalue weighted by Crippen LogP contribution is 2.29. The molecule has 0 atom stereocenters. The maximum atomic E-state index is 6.00. The number of rotatable bonds is 1. The Morgan fingerprint density at radius 3 is 3.00 bits per heavy atom. The summed E-state index contributed by atoms with van der Waals surface area (Å²) < 4.78 is 0. The van der Waals surface area contributed by atoms with Crippen molar-refractivity contribution in [1.82, 2.24) is 4.98 Å². The van der Waals surface area contributed by atoms with E-state index in [1.54, 1.807) is 18.3 Å². The summed E-state index contributed by atoms with van der Waals surface area (Å²) in [6, 6.07) is 7.28. The summed E-state index contributed by atoms with van der Waals surface area (Å²) in [5.41, 5.74) is 1.44. The van der Waals surface area contributed by atoms with Crippen LogP contribution in [-0.2, 0) is 0 Å². The number of benzene rings is 1. The van der Waals surface area contributed by atoms with E-state index in [0.29, 0.717) is 10.7 Å². The average molecular weight is 221 g/mol. The third-order valence-corrected chi connectivity index (χ3v) is 2.28. The summed E-state index contributed by atoms with van der Waals surface area (Å²) >= 11 is 10.6. The molecule has 0 N–H and O–H groups in total. The number of isothiocyanates is 1. The number of thiocarbonyl (C=S) groups is 1. The van der Waals surface area contributed by atoms with Crippen LogP contribution in [0.25, 0.3) is 10.9 Å². The van der Waals surface area contributed by atoms with Gasteiger partial charge in [-0.25, -0.2) is 0 Å². The number of halogens is 1. The summed E-state index contributed by atoms with van der Waals surface area (Å²) in [6.45, 7) is 0. The molecule has 0 aliphatic heterocycles. The lowest BCUT2D eigenvalue weighted by molar-refractivity contribution is 1.40. The van der Waals surface area contributed by atoms with Crippen molar-refractivity contribution in [1.29, 1.82) is 0 Å². The van der Waals surface area contributed by atoms with Crippen LogP contribution in [0.4, 0.5) is 5.69 Å². The first kappa shape index (κ1) is 9.28. The van der Waals surface area contributed by atoms with Crippen LogP contribution in [0.2, 0.25) is 5.02 Å². The van der Waals surface area contributed by atoms with E-state index in [4.69, 9.17) is 11.6 Å². The second-order valence-electron chi connectivity index (χ2n) is 2.67. The molecule has 0 aliphatic rings. The van der Waals surface area contributed by atoms with E-state index in [2.05, 4.69) is 27.4 Å². The van der Waals surface area contributed by atoms with Gasteiger partial charge in [0.1, 0.15) is 5.69 Å². The van der Waals surface area contributed by atoms with E-state index >= 15 is 0 Å². The van der Waals surface area contributed by atoms with Crippen LogP contribution in [-0.4, -0.2) is 10.1 Å². The lowest BCUT2D eigenvalue weighted by atomic mass is 10.2. The van der Waals surface area contributed by atoms with E-state index in [1.165, 1.54) is 0 Å². The molecule has 2 nitrogen and oxygen atoms in total. The maximum absolute atomic E-state index is 6.00. The van der Waals surface area contributed by atoms with Crippen LogP contribution >= 0.6 is 23.8 Å². The molecule has 1 aromatic carbocycles. The molecule has 0 aliphatic carbocycles. The fourth-order valence-electron chi connectivity index (χ4n) is 1.26. The molecule has 2 aromatic rings. The third-order valence-electron chi connectivity index (χ3n) is 1.86. The van der Waals surface area contributed by atoms with Gasteiger partial charge in [-0.15, -0.1) is 0 Å². The standard InChI is InChI=1S/C10H5ClN2S/c11-8-3-4-9(13-6-14)10-7(8)2-1-5-12-10/h1-5H. The largest absolute Gasteiger partial charge is 0.254 e. The van der Waals surface area contributed by atoms with Crippen molar-refractivity contribution in [3.05, 3.63) is 35.5 Å². The molecule has 0 radical (unpaired) electrons. The maximum Gasteiger partial charge on any atom is 0.100 e. The van der Waals surface area contributed by atoms with Crippen molar-refractivity contribution >= 4 is 45.6 Å². The molecule has 1 aromatic heterocycles. The minimum absolute atomic E-state index is 0.663. The number of pyridine rings is 1. The van der Waals surface area contributed by atoms with E-state index < -0.39 is 0 Å². The molecule has 0 fully saturated rings. The van der Waals surface area contributed by atoms with Crippen LogP contribution in [0.5, 0.6) is 0 Å². The molecule has 68 valence electrons. The summed E-state index contributed by atoms with van der Waals surface area (Å²) in [6.07, 6.45) is 1.70. The number of aromatic nitrogens is 1. The zero-order chi connectivity index (χ0) is 9.97. The van der Waals surface area contributed by atoms with Gasteiger partial charge in [0.25, 0.3) is 0 Å². The van der Waals surface area contributed by atoms with Gasteiger partial charge in [0, 0.05) is 11.6 Å². The average Bonchev–Trinajstić information content (AvgIpc) is 2.23. The SMILES string of the molecule is S=C=Nc1ccc(Cl)c2cccnc12. The lowest BCUT2D eigenvalue weighted by Gasteiger charge is -2.00. The zero-order valence-electron chi connectivity index (χ0n) is 7.07. The predicted molar refractivity (Wildman–Crippen MR) is 61.4 cm³/mol. The number of hydrogen-bond acceptors (Lipinski definition) is 3. The first-order valence-electron chi connectivity index (χ1n) is 3.94. The molecule has 4 heteroatoms. The Labute approximate surface area is 91.3 Å². The Hall–Kier alpha value is -1.28. The minimum Gasteiger partial charge on any atom is -0.254 e. The normalized spacial score (nSPS) is 9.79. The Kier molecular flexibility index (Phi) is 2.55. The topological polar surface area (TPSA) is 25.2 Å². The van der Waals surface area contributed by atoms with Gasteiger partial charge < -0.3 is 0 Å². The van der Waals surface area contributed by atoms with Gasteiger partial charge >= 0.3 is 0 Å². The van der Waals surface area contributed by atoms with Gasteiger partial charge in [0.15, 0.2) is 0 Å². The predicted octanol–water partition coefficient (Wildman–Crippen LogP) is 3.62. The van der Waals surface area contributed by atoms with Gasteiger partial charge in [0.2, 0.25) is 0 Å². The molecule has 0 amide bonds. The van der Waals surface area contributed by atoms with Crippen molar-refractivity contribution in [2.45, 2.75) is 0 Å². The van der Waals surface area contributed by atoms with Gasteiger partial charge in [-0.05, 0) is 36.5 Å². The first-order valence-corrected chi connectivity index (χ1v) is 4.72. The molecular formula is C10H5ClN2S. The Morgan fingerprint density at radius 1 is 1.36 bits per heavy atom. The molecule has 2 rings (SSSR count). The molecule has 1 heterocycles. The van der Waals surface area contributed by atoms with E-state index in [9.17, 15) is 0 Å². The highest BCUT2D eigenvalue weighted by Gasteiger charge is 2.03. The van der Waals surface area contributed by atoms with Crippen LogP contribution in [0.3, 0.4) is 0 Å². The second kappa shape index (κ2) is 3.84. The summed E-state index contributed by atoms with van der Waals surface area (Å²) in [7, 11) is 0. The van der Waals surface area contributed by atoms with Crippen LogP contribution in [0.15, 0.2) is 35.5 Å². The third kappa shape index (κ3) is 1.53. The number of nitrogens with zero attached hydrogens (tertiary/aromatic N) is 2. The summed E-state index contributed by atoms with van der Waals surface area (Å²) in [4.78, 5) is 8.12. The van der Waals surface area contributed by atoms with E-state index in [1.807, 2.05) is 12.1 Å². The number of fused-ring (bicyclic) bond motifs is 1. The smallest absolute Gasteiger partial charge is 0.100 e. The van der Waals surface area contributed by atoms with Gasteiger partial charge in [-0.1, -0.05) is 11.6 Å². The van der Waals surface area contributed by atoms with E-state index in [-0.39, 0.29) is 0 Å². The molecule has 0 saturated heterocycles. The zero-order valence-corrected chi connectivity index (χ0v) is 8.64. The molecule has 14 heavy (non-hydrogen) atoms.